The van der Waals surface area contributed by atoms with E-state index in [1.165, 1.54) is 13.3 Å². The number of aliphatic hydroxyl groups excluding tert-OH is 1. The Balaban J connectivity index is 2.05. The van der Waals surface area contributed by atoms with E-state index in [-0.39, 0.29) is 5.91 Å². The number of anilines is 1. The van der Waals surface area contributed by atoms with Crippen LogP contribution in [0.4, 0.5) is 5.69 Å². The van der Waals surface area contributed by atoms with E-state index in [1.54, 1.807) is 30.3 Å². The molecule has 1 heterocycles. The molecule has 1 atom stereocenters. The fourth-order valence-electron chi connectivity index (χ4n) is 1.56. The van der Waals surface area contributed by atoms with Gasteiger partial charge in [-0.3, -0.25) is 4.79 Å². The summed E-state index contributed by atoms with van der Waals surface area (Å²) in [6.07, 6.45) is 0.570. The lowest BCUT2D eigenvalue weighted by atomic mass is 10.2. The van der Waals surface area contributed by atoms with Crippen LogP contribution in [0, 0.1) is 0 Å². The molecule has 0 saturated heterocycles. The highest BCUT2D eigenvalue weighted by atomic mass is 35.5. The van der Waals surface area contributed by atoms with Gasteiger partial charge in [-0.2, -0.15) is 0 Å². The second kappa shape index (κ2) is 5.88. The number of carbonyl (C=O) groups is 1. The van der Waals surface area contributed by atoms with Gasteiger partial charge in [-0.1, -0.05) is 23.7 Å². The maximum atomic E-state index is 11.8. The molecule has 5 nitrogen and oxygen atoms in total. The molecule has 100 valence electrons. The monoisotopic (exact) mass is 280 g/mol. The van der Waals surface area contributed by atoms with E-state index in [9.17, 15) is 9.90 Å². The standard InChI is InChI=1S/C13H13ClN2O3/c1-19-13(18)8-2-4-10(5-3-8)16-12(17)11-6-9(14)7-15-11/h2-7,13,15,18H,1H3,(H,16,17). The number of ether oxygens (including phenoxy) is 1. The molecule has 0 fully saturated rings. The third-order valence-corrected chi connectivity index (χ3v) is 2.79. The van der Waals surface area contributed by atoms with Crippen LogP contribution in [-0.2, 0) is 4.74 Å². The molecule has 0 spiro atoms. The van der Waals surface area contributed by atoms with Crippen LogP contribution in [0.25, 0.3) is 0 Å². The normalized spacial score (nSPS) is 12.2. The van der Waals surface area contributed by atoms with Gasteiger partial charge in [-0.25, -0.2) is 0 Å². The van der Waals surface area contributed by atoms with E-state index in [4.69, 9.17) is 16.3 Å². The van der Waals surface area contributed by atoms with E-state index in [1.807, 2.05) is 0 Å². The summed E-state index contributed by atoms with van der Waals surface area (Å²) in [5, 5.41) is 12.6. The molecule has 19 heavy (non-hydrogen) atoms. The van der Waals surface area contributed by atoms with Gasteiger partial charge in [-0.05, 0) is 18.2 Å². The number of aromatic amines is 1. The first-order chi connectivity index (χ1) is 9.10. The molecule has 3 N–H and O–H groups in total. The SMILES string of the molecule is COC(O)c1ccc(NC(=O)c2cc(Cl)c[nH]2)cc1. The van der Waals surface area contributed by atoms with Crippen molar-refractivity contribution in [2.45, 2.75) is 6.29 Å². The number of aromatic nitrogens is 1. The summed E-state index contributed by atoms with van der Waals surface area (Å²) in [5.41, 5.74) is 1.61. The van der Waals surface area contributed by atoms with Crippen molar-refractivity contribution in [2.24, 2.45) is 0 Å². The van der Waals surface area contributed by atoms with Gasteiger partial charge in [0.05, 0.1) is 5.02 Å². The zero-order valence-electron chi connectivity index (χ0n) is 10.2. The molecule has 0 bridgehead atoms. The number of nitrogens with one attached hydrogen (secondary N) is 2. The highest BCUT2D eigenvalue weighted by Gasteiger charge is 2.09. The largest absolute Gasteiger partial charge is 0.364 e. The van der Waals surface area contributed by atoms with Crippen molar-refractivity contribution in [2.75, 3.05) is 12.4 Å². The van der Waals surface area contributed by atoms with Gasteiger partial charge in [0.25, 0.3) is 5.91 Å². The summed E-state index contributed by atoms with van der Waals surface area (Å²) < 4.78 is 4.78. The lowest BCUT2D eigenvalue weighted by molar-refractivity contribution is -0.0769. The van der Waals surface area contributed by atoms with Crippen molar-refractivity contribution >= 4 is 23.2 Å². The van der Waals surface area contributed by atoms with Crippen LogP contribution in [0.15, 0.2) is 36.5 Å². The molecular formula is C13H13ClN2O3. The van der Waals surface area contributed by atoms with E-state index < -0.39 is 6.29 Å². The number of H-pyrrole nitrogens is 1. The fraction of sp³-hybridized carbons (Fsp3) is 0.154. The van der Waals surface area contributed by atoms with E-state index in [0.717, 1.165) is 0 Å². The number of benzene rings is 1. The molecule has 0 saturated carbocycles. The minimum absolute atomic E-state index is 0.285. The summed E-state index contributed by atoms with van der Waals surface area (Å²) in [6.45, 7) is 0. The average Bonchev–Trinajstić information content (AvgIpc) is 2.85. The molecule has 0 aliphatic carbocycles. The van der Waals surface area contributed by atoms with Gasteiger partial charge in [0.2, 0.25) is 0 Å². The fourth-order valence-corrected chi connectivity index (χ4v) is 1.73. The number of aliphatic hydroxyl groups is 1. The van der Waals surface area contributed by atoms with Crippen LogP contribution in [0.1, 0.15) is 22.3 Å². The Morgan fingerprint density at radius 3 is 2.63 bits per heavy atom. The van der Waals surface area contributed by atoms with Crippen molar-refractivity contribution in [3.63, 3.8) is 0 Å². The Kier molecular flexibility index (Phi) is 4.21. The van der Waals surface area contributed by atoms with Crippen LogP contribution in [0.3, 0.4) is 0 Å². The van der Waals surface area contributed by atoms with Crippen LogP contribution in [0.2, 0.25) is 5.02 Å². The van der Waals surface area contributed by atoms with Crippen molar-refractivity contribution < 1.29 is 14.6 Å². The zero-order chi connectivity index (χ0) is 13.8. The Morgan fingerprint density at radius 2 is 2.11 bits per heavy atom. The number of amides is 1. The smallest absolute Gasteiger partial charge is 0.272 e. The van der Waals surface area contributed by atoms with E-state index in [2.05, 4.69) is 10.3 Å². The van der Waals surface area contributed by atoms with Gasteiger partial charge in [0.15, 0.2) is 6.29 Å². The van der Waals surface area contributed by atoms with Gasteiger partial charge in [-0.15, -0.1) is 0 Å². The maximum absolute atomic E-state index is 11.8. The molecule has 1 aromatic heterocycles. The Morgan fingerprint density at radius 1 is 1.42 bits per heavy atom. The average molecular weight is 281 g/mol. The second-order valence-corrected chi connectivity index (χ2v) is 4.33. The van der Waals surface area contributed by atoms with Crippen LogP contribution in [-0.4, -0.2) is 23.1 Å². The lowest BCUT2D eigenvalue weighted by Gasteiger charge is -2.09. The predicted octanol–water partition coefficient (Wildman–Crippen LogP) is 2.56. The molecule has 0 radical (unpaired) electrons. The molecular weight excluding hydrogens is 268 g/mol. The van der Waals surface area contributed by atoms with Gasteiger partial charge >= 0.3 is 0 Å². The molecule has 1 aromatic carbocycles. The first kappa shape index (κ1) is 13.6. The van der Waals surface area contributed by atoms with Crippen molar-refractivity contribution in [1.29, 1.82) is 0 Å². The number of hydrogen-bond donors (Lipinski definition) is 3. The third-order valence-electron chi connectivity index (χ3n) is 2.57. The summed E-state index contributed by atoms with van der Waals surface area (Å²) >= 11 is 5.73. The molecule has 2 rings (SSSR count). The highest BCUT2D eigenvalue weighted by Crippen LogP contribution is 2.17. The van der Waals surface area contributed by atoms with Crippen LogP contribution < -0.4 is 5.32 Å². The molecule has 6 heteroatoms. The molecule has 0 aliphatic heterocycles. The number of carbonyl (C=O) groups excluding carboxylic acids is 1. The van der Waals surface area contributed by atoms with E-state index in [0.29, 0.717) is 22.0 Å². The summed E-state index contributed by atoms with van der Waals surface area (Å²) in [6, 6.07) is 8.25. The number of methoxy groups -OCH3 is 1. The maximum Gasteiger partial charge on any atom is 0.272 e. The Bertz CT molecular complexity index is 566. The first-order valence-corrected chi connectivity index (χ1v) is 5.94. The highest BCUT2D eigenvalue weighted by molar-refractivity contribution is 6.31. The van der Waals surface area contributed by atoms with Gasteiger partial charge in [0, 0.05) is 24.6 Å². The molecule has 0 aliphatic rings. The second-order valence-electron chi connectivity index (χ2n) is 3.90. The summed E-state index contributed by atoms with van der Waals surface area (Å²) in [4.78, 5) is 14.6. The quantitative estimate of drug-likeness (QED) is 0.754. The lowest BCUT2D eigenvalue weighted by Crippen LogP contribution is -2.12. The van der Waals surface area contributed by atoms with Crippen molar-refractivity contribution in [3.05, 3.63) is 52.8 Å². The minimum Gasteiger partial charge on any atom is -0.364 e. The van der Waals surface area contributed by atoms with Crippen LogP contribution in [0.5, 0.6) is 0 Å². The summed E-state index contributed by atoms with van der Waals surface area (Å²) in [7, 11) is 1.41. The predicted molar refractivity (Wildman–Crippen MR) is 72.2 cm³/mol. The van der Waals surface area contributed by atoms with Crippen LogP contribution >= 0.6 is 11.6 Å². The van der Waals surface area contributed by atoms with E-state index >= 15 is 0 Å². The summed E-state index contributed by atoms with van der Waals surface area (Å²) in [5.74, 6) is -0.285. The van der Waals surface area contributed by atoms with Crippen molar-refractivity contribution in [3.8, 4) is 0 Å². The zero-order valence-corrected chi connectivity index (χ0v) is 10.9. The third kappa shape index (κ3) is 3.35. The molecule has 1 amide bonds. The molecule has 2 aromatic rings. The Labute approximate surface area is 115 Å². The first-order valence-electron chi connectivity index (χ1n) is 5.56. The Hall–Kier alpha value is -1.82. The van der Waals surface area contributed by atoms with Gasteiger partial charge < -0.3 is 20.1 Å². The van der Waals surface area contributed by atoms with Crippen molar-refractivity contribution in [1.82, 2.24) is 4.98 Å². The molecule has 1 unspecified atom stereocenters. The number of hydrogen-bond acceptors (Lipinski definition) is 3. The van der Waals surface area contributed by atoms with Gasteiger partial charge in [0.1, 0.15) is 5.69 Å². The number of halogens is 1. The minimum atomic E-state index is -0.966. The topological polar surface area (TPSA) is 74.3 Å². The number of rotatable bonds is 4.